The van der Waals surface area contributed by atoms with E-state index in [2.05, 4.69) is 4.98 Å². The Morgan fingerprint density at radius 1 is 1.11 bits per heavy atom. The molecule has 0 aliphatic carbocycles. The molecule has 1 aromatic rings. The van der Waals surface area contributed by atoms with Gasteiger partial charge in [0.05, 0.1) is 0 Å². The van der Waals surface area contributed by atoms with Gasteiger partial charge in [0.15, 0.2) is 4.98 Å². The molecule has 0 aliphatic heterocycles. The van der Waals surface area contributed by atoms with Gasteiger partial charge in [0.25, 0.3) is 0 Å². The Morgan fingerprint density at radius 3 is 2.00 bits per heavy atom. The lowest BCUT2D eigenvalue weighted by Crippen LogP contribution is -3.00. The normalized spacial score (nSPS) is 7.00. The molecule has 0 atom stereocenters. The second kappa shape index (κ2) is 4.04. The van der Waals surface area contributed by atoms with Crippen molar-refractivity contribution in [3.8, 4) is 0 Å². The minimum absolute atomic E-state index is 0. The highest BCUT2D eigenvalue weighted by Gasteiger charge is 1.95. The first-order valence-corrected chi connectivity index (χ1v) is 2.33. The highest BCUT2D eigenvalue weighted by atomic mass is 79.9. The van der Waals surface area contributed by atoms with Gasteiger partial charge in [-0.2, -0.15) is 0 Å². The summed E-state index contributed by atoms with van der Waals surface area (Å²) in [6.07, 6.45) is 0. The molecule has 0 fully saturated rings. The first-order valence-electron chi connectivity index (χ1n) is 2.33. The maximum Gasteiger partial charge on any atom is 0.385 e. The smallest absolute Gasteiger partial charge is 0.385 e. The molecular formula is C6H5BrN2. The minimum atomic E-state index is 0. The average Bonchev–Trinajstić information content (AvgIpc) is 1.90. The highest BCUT2D eigenvalue weighted by molar-refractivity contribution is 5.42. The van der Waals surface area contributed by atoms with Crippen LogP contribution in [-0.4, -0.2) is 0 Å². The Kier molecular flexibility index (Phi) is 3.65. The lowest BCUT2D eigenvalue weighted by Gasteiger charge is -1.69. The Balaban J connectivity index is 0.000000640. The standard InChI is InChI=1S/C6H5N2.BrH/c7-8-6-4-2-1-3-5-6;/h1-5H;1H/q+1;/p-1. The van der Waals surface area contributed by atoms with Crippen LogP contribution in [0.15, 0.2) is 30.3 Å². The zero-order valence-electron chi connectivity index (χ0n) is 4.66. The van der Waals surface area contributed by atoms with Crippen molar-refractivity contribution < 1.29 is 17.0 Å². The number of nitrogens with zero attached hydrogens (tertiary/aromatic N) is 2. The molecule has 0 bridgehead atoms. The van der Waals surface area contributed by atoms with Gasteiger partial charge in [0.2, 0.25) is 5.39 Å². The number of benzene rings is 1. The molecular weight excluding hydrogens is 180 g/mol. The van der Waals surface area contributed by atoms with Gasteiger partial charge in [0.1, 0.15) is 0 Å². The van der Waals surface area contributed by atoms with Gasteiger partial charge in [0, 0.05) is 12.1 Å². The maximum atomic E-state index is 8.16. The molecule has 0 radical (unpaired) electrons. The van der Waals surface area contributed by atoms with Crippen LogP contribution >= 0.6 is 0 Å². The van der Waals surface area contributed by atoms with Crippen molar-refractivity contribution in [1.29, 1.82) is 5.39 Å². The predicted octanol–water partition coefficient (Wildman–Crippen LogP) is -0.825. The molecule has 0 aromatic heterocycles. The van der Waals surface area contributed by atoms with Crippen LogP contribution in [0.5, 0.6) is 0 Å². The summed E-state index contributed by atoms with van der Waals surface area (Å²) < 4.78 is 0. The Bertz CT molecular complexity index is 202. The fraction of sp³-hybridized carbons (Fsp3) is 0. The molecule has 0 heterocycles. The van der Waals surface area contributed by atoms with E-state index >= 15 is 0 Å². The van der Waals surface area contributed by atoms with E-state index in [1.165, 1.54) is 0 Å². The van der Waals surface area contributed by atoms with Crippen LogP contribution in [0.1, 0.15) is 0 Å². The van der Waals surface area contributed by atoms with Gasteiger partial charge < -0.3 is 17.0 Å². The van der Waals surface area contributed by atoms with Crippen LogP contribution in [0.25, 0.3) is 4.98 Å². The summed E-state index contributed by atoms with van der Waals surface area (Å²) in [6, 6.07) is 8.94. The molecule has 9 heavy (non-hydrogen) atoms. The van der Waals surface area contributed by atoms with E-state index in [0.717, 1.165) is 0 Å². The highest BCUT2D eigenvalue weighted by Crippen LogP contribution is 2.07. The van der Waals surface area contributed by atoms with Crippen LogP contribution < -0.4 is 17.0 Å². The Hall–Kier alpha value is -0.880. The summed E-state index contributed by atoms with van der Waals surface area (Å²) in [5.74, 6) is 0. The van der Waals surface area contributed by atoms with Crippen molar-refractivity contribution in [1.82, 2.24) is 0 Å². The number of rotatable bonds is 0. The molecule has 0 N–H and O–H groups in total. The summed E-state index contributed by atoms with van der Waals surface area (Å²) in [6.45, 7) is 0. The van der Waals surface area contributed by atoms with Gasteiger partial charge >= 0.3 is 5.69 Å². The van der Waals surface area contributed by atoms with E-state index in [0.29, 0.717) is 5.69 Å². The number of diazo groups is 1. The third-order valence-electron chi connectivity index (χ3n) is 0.872. The Morgan fingerprint density at radius 2 is 1.67 bits per heavy atom. The van der Waals surface area contributed by atoms with Crippen molar-refractivity contribution in [2.24, 2.45) is 0 Å². The molecule has 0 amide bonds. The van der Waals surface area contributed by atoms with E-state index in [-0.39, 0.29) is 17.0 Å². The summed E-state index contributed by atoms with van der Waals surface area (Å²) >= 11 is 0. The topological polar surface area (TPSA) is 28.1 Å². The third kappa shape index (κ3) is 2.24. The molecule has 1 aromatic carbocycles. The van der Waals surface area contributed by atoms with Crippen LogP contribution in [0.4, 0.5) is 5.69 Å². The predicted molar refractivity (Wildman–Crippen MR) is 31.2 cm³/mol. The SMILES string of the molecule is N#[N+]c1ccccc1.[Br-]. The number of halogens is 1. The second-order valence-corrected chi connectivity index (χ2v) is 1.44. The number of hydrogen-bond donors (Lipinski definition) is 0. The van der Waals surface area contributed by atoms with Gasteiger partial charge in [-0.05, 0) is 0 Å². The first kappa shape index (κ1) is 8.12. The Labute approximate surface area is 63.9 Å². The molecule has 3 heteroatoms. The lowest BCUT2D eigenvalue weighted by atomic mass is 10.3. The van der Waals surface area contributed by atoms with Crippen molar-refractivity contribution >= 4 is 5.69 Å². The van der Waals surface area contributed by atoms with Crippen LogP contribution in [0, 0.1) is 5.39 Å². The molecule has 0 saturated carbocycles. The summed E-state index contributed by atoms with van der Waals surface area (Å²) in [5, 5.41) is 8.16. The van der Waals surface area contributed by atoms with E-state index in [1.54, 1.807) is 12.1 Å². The van der Waals surface area contributed by atoms with Crippen LogP contribution in [0.3, 0.4) is 0 Å². The van der Waals surface area contributed by atoms with E-state index in [9.17, 15) is 0 Å². The zero-order valence-corrected chi connectivity index (χ0v) is 6.25. The molecule has 0 saturated heterocycles. The van der Waals surface area contributed by atoms with Gasteiger partial charge in [-0.3, -0.25) is 0 Å². The molecule has 0 unspecified atom stereocenters. The van der Waals surface area contributed by atoms with Crippen molar-refractivity contribution in [2.45, 2.75) is 0 Å². The maximum absolute atomic E-state index is 8.16. The first-order chi connectivity index (χ1) is 3.93. The van der Waals surface area contributed by atoms with Gasteiger partial charge in [-0.25, -0.2) is 0 Å². The van der Waals surface area contributed by atoms with E-state index in [4.69, 9.17) is 5.39 Å². The monoisotopic (exact) mass is 184 g/mol. The van der Waals surface area contributed by atoms with Crippen molar-refractivity contribution in [3.63, 3.8) is 0 Å². The van der Waals surface area contributed by atoms with Crippen molar-refractivity contribution in [3.05, 3.63) is 35.3 Å². The van der Waals surface area contributed by atoms with E-state index in [1.807, 2.05) is 18.2 Å². The van der Waals surface area contributed by atoms with E-state index < -0.39 is 0 Å². The molecule has 46 valence electrons. The summed E-state index contributed by atoms with van der Waals surface area (Å²) in [7, 11) is 0. The number of hydrogen-bond acceptors (Lipinski definition) is 1. The molecule has 0 aliphatic rings. The minimum Gasteiger partial charge on any atom is -1.00 e. The zero-order chi connectivity index (χ0) is 5.82. The van der Waals surface area contributed by atoms with Crippen molar-refractivity contribution in [2.75, 3.05) is 0 Å². The van der Waals surface area contributed by atoms with Gasteiger partial charge in [-0.15, -0.1) is 0 Å². The fourth-order valence-electron chi connectivity index (χ4n) is 0.495. The third-order valence-corrected chi connectivity index (χ3v) is 0.872. The molecule has 1 rings (SSSR count). The summed E-state index contributed by atoms with van der Waals surface area (Å²) in [5.41, 5.74) is 0.590. The van der Waals surface area contributed by atoms with Gasteiger partial charge in [-0.1, -0.05) is 18.2 Å². The lowest BCUT2D eigenvalue weighted by molar-refractivity contribution is -0.00000185. The molecule has 0 spiro atoms. The van der Waals surface area contributed by atoms with Crippen LogP contribution in [0.2, 0.25) is 0 Å². The largest absolute Gasteiger partial charge is 1.00 e. The summed E-state index contributed by atoms with van der Waals surface area (Å²) in [4.78, 5) is 2.97. The second-order valence-electron chi connectivity index (χ2n) is 1.44. The molecule has 2 nitrogen and oxygen atoms in total. The quantitative estimate of drug-likeness (QED) is 0.485. The van der Waals surface area contributed by atoms with Crippen LogP contribution in [-0.2, 0) is 0 Å². The average molecular weight is 185 g/mol. The fourth-order valence-corrected chi connectivity index (χ4v) is 0.495.